The number of methoxy groups -OCH3 is 1. The third-order valence-corrected chi connectivity index (χ3v) is 3.61. The molecule has 1 N–H and O–H groups in total. The molecule has 0 saturated carbocycles. The van der Waals surface area contributed by atoms with E-state index >= 15 is 0 Å². The van der Waals surface area contributed by atoms with Crippen molar-refractivity contribution >= 4 is 11.9 Å². The van der Waals surface area contributed by atoms with Gasteiger partial charge in [-0.15, -0.1) is 0 Å². The number of amides is 1. The first-order chi connectivity index (χ1) is 10.4. The number of hydrogen-bond donors (Lipinski definition) is 1. The van der Waals surface area contributed by atoms with Crippen molar-refractivity contribution in [2.45, 2.75) is 26.4 Å². The first kappa shape index (κ1) is 16.1. The molecule has 22 heavy (non-hydrogen) atoms. The fourth-order valence-electron chi connectivity index (χ4n) is 2.47. The maximum absolute atomic E-state index is 12.6. The molecule has 1 amide bonds. The van der Waals surface area contributed by atoms with Crippen molar-refractivity contribution in [2.24, 2.45) is 5.92 Å². The molecule has 1 heterocycles. The van der Waals surface area contributed by atoms with E-state index in [1.807, 2.05) is 13.8 Å². The van der Waals surface area contributed by atoms with E-state index in [4.69, 9.17) is 14.6 Å². The summed E-state index contributed by atoms with van der Waals surface area (Å²) in [4.78, 5) is 25.2. The second-order valence-corrected chi connectivity index (χ2v) is 5.60. The van der Waals surface area contributed by atoms with E-state index in [1.165, 1.54) is 0 Å². The van der Waals surface area contributed by atoms with E-state index in [9.17, 15) is 9.59 Å². The summed E-state index contributed by atoms with van der Waals surface area (Å²) in [6.07, 6.45) is 0.404. The summed E-state index contributed by atoms with van der Waals surface area (Å²) >= 11 is 0. The predicted octanol–water partition coefficient (Wildman–Crippen LogP) is 2.03. The maximum atomic E-state index is 12.6. The molecule has 1 atom stereocenters. The van der Waals surface area contributed by atoms with E-state index in [0.717, 1.165) is 0 Å². The molecule has 1 aliphatic rings. The lowest BCUT2D eigenvalue weighted by atomic mass is 10.1. The van der Waals surface area contributed by atoms with Crippen molar-refractivity contribution in [3.63, 3.8) is 0 Å². The normalized spacial score (nSPS) is 17.6. The molecule has 1 fully saturated rings. The van der Waals surface area contributed by atoms with Crippen LogP contribution >= 0.6 is 0 Å². The largest absolute Gasteiger partial charge is 0.497 e. The summed E-state index contributed by atoms with van der Waals surface area (Å²) in [6, 6.07) is 5.04. The minimum Gasteiger partial charge on any atom is -0.497 e. The van der Waals surface area contributed by atoms with Gasteiger partial charge in [0.15, 0.2) is 0 Å². The van der Waals surface area contributed by atoms with Crippen molar-refractivity contribution in [3.8, 4) is 11.5 Å². The SMILES string of the molecule is COc1ccc(C(=O)N2CCC(C(=O)O)C2)c(OC(C)C)c1. The minimum absolute atomic E-state index is 0.0796. The molecule has 0 aliphatic carbocycles. The summed E-state index contributed by atoms with van der Waals surface area (Å²) in [5.74, 6) is -0.488. The van der Waals surface area contributed by atoms with Gasteiger partial charge in [0, 0.05) is 19.2 Å². The Bertz CT molecular complexity index is 570. The van der Waals surface area contributed by atoms with Crippen LogP contribution in [-0.2, 0) is 4.79 Å². The van der Waals surface area contributed by atoms with Crippen molar-refractivity contribution in [3.05, 3.63) is 23.8 Å². The van der Waals surface area contributed by atoms with Crippen molar-refractivity contribution in [1.29, 1.82) is 0 Å². The highest BCUT2D eigenvalue weighted by atomic mass is 16.5. The average molecular weight is 307 g/mol. The lowest BCUT2D eigenvalue weighted by molar-refractivity contribution is -0.141. The third kappa shape index (κ3) is 3.50. The quantitative estimate of drug-likeness (QED) is 0.900. The zero-order valence-corrected chi connectivity index (χ0v) is 13.0. The Balaban J connectivity index is 2.23. The van der Waals surface area contributed by atoms with Crippen LogP contribution in [0.1, 0.15) is 30.6 Å². The summed E-state index contributed by atoms with van der Waals surface area (Å²) < 4.78 is 10.9. The molecule has 1 saturated heterocycles. The Hall–Kier alpha value is -2.24. The molecule has 120 valence electrons. The van der Waals surface area contributed by atoms with Gasteiger partial charge in [-0.3, -0.25) is 9.59 Å². The number of benzene rings is 1. The van der Waals surface area contributed by atoms with E-state index in [-0.39, 0.29) is 18.6 Å². The molecule has 1 aromatic carbocycles. The van der Waals surface area contributed by atoms with Gasteiger partial charge < -0.3 is 19.5 Å². The summed E-state index contributed by atoms with van der Waals surface area (Å²) in [6.45, 7) is 4.44. The Morgan fingerprint density at radius 2 is 2.09 bits per heavy atom. The van der Waals surface area contributed by atoms with Gasteiger partial charge in [0.05, 0.1) is 24.7 Å². The number of carbonyl (C=O) groups is 2. The Labute approximate surface area is 129 Å². The van der Waals surface area contributed by atoms with Gasteiger partial charge in [0.1, 0.15) is 11.5 Å². The summed E-state index contributed by atoms with van der Waals surface area (Å²) in [5.41, 5.74) is 0.431. The van der Waals surface area contributed by atoms with E-state index in [1.54, 1.807) is 30.2 Å². The molecular weight excluding hydrogens is 286 g/mol. The number of aliphatic carboxylic acids is 1. The molecule has 6 heteroatoms. The smallest absolute Gasteiger partial charge is 0.308 e. The number of hydrogen-bond acceptors (Lipinski definition) is 4. The van der Waals surface area contributed by atoms with Gasteiger partial charge in [-0.05, 0) is 32.4 Å². The standard InChI is InChI=1S/C16H21NO5/c1-10(2)22-14-8-12(21-3)4-5-13(14)15(18)17-7-6-11(9-17)16(19)20/h4-5,8,10-11H,6-7,9H2,1-3H3,(H,19,20). The number of rotatable bonds is 5. The van der Waals surface area contributed by atoms with Crippen LogP contribution in [0.15, 0.2) is 18.2 Å². The number of ether oxygens (including phenoxy) is 2. The highest BCUT2D eigenvalue weighted by Crippen LogP contribution is 2.28. The Morgan fingerprint density at radius 1 is 1.36 bits per heavy atom. The third-order valence-electron chi connectivity index (χ3n) is 3.61. The molecule has 2 rings (SSSR count). The molecule has 0 spiro atoms. The van der Waals surface area contributed by atoms with Crippen LogP contribution in [0.25, 0.3) is 0 Å². The van der Waals surface area contributed by atoms with Gasteiger partial charge in [0.25, 0.3) is 5.91 Å². The number of carboxylic acids is 1. The molecule has 1 unspecified atom stereocenters. The molecule has 0 aromatic heterocycles. The topological polar surface area (TPSA) is 76.1 Å². The molecule has 0 bridgehead atoms. The fraction of sp³-hybridized carbons (Fsp3) is 0.500. The first-order valence-electron chi connectivity index (χ1n) is 7.29. The highest BCUT2D eigenvalue weighted by Gasteiger charge is 2.32. The zero-order valence-electron chi connectivity index (χ0n) is 13.0. The second kappa shape index (κ2) is 6.68. The fourth-order valence-corrected chi connectivity index (χ4v) is 2.47. The van der Waals surface area contributed by atoms with Gasteiger partial charge in [0.2, 0.25) is 0 Å². The van der Waals surface area contributed by atoms with E-state index in [2.05, 4.69) is 0 Å². The number of carbonyl (C=O) groups excluding carboxylic acids is 1. The Kier molecular flexibility index (Phi) is 4.90. The minimum atomic E-state index is -0.858. The monoisotopic (exact) mass is 307 g/mol. The molecule has 0 radical (unpaired) electrons. The average Bonchev–Trinajstić information content (AvgIpc) is 2.96. The van der Waals surface area contributed by atoms with E-state index < -0.39 is 11.9 Å². The van der Waals surface area contributed by atoms with Crippen LogP contribution in [0.5, 0.6) is 11.5 Å². The van der Waals surface area contributed by atoms with Crippen LogP contribution in [-0.4, -0.2) is 48.2 Å². The second-order valence-electron chi connectivity index (χ2n) is 5.60. The number of carboxylic acid groups (broad SMARTS) is 1. The van der Waals surface area contributed by atoms with Gasteiger partial charge >= 0.3 is 5.97 Å². The molecule has 1 aromatic rings. The summed E-state index contributed by atoms with van der Waals surface area (Å²) in [5, 5.41) is 9.05. The van der Waals surface area contributed by atoms with Crippen LogP contribution in [0.2, 0.25) is 0 Å². The Morgan fingerprint density at radius 3 is 2.64 bits per heavy atom. The van der Waals surface area contributed by atoms with Crippen molar-refractivity contribution in [2.75, 3.05) is 20.2 Å². The van der Waals surface area contributed by atoms with Crippen LogP contribution in [0.3, 0.4) is 0 Å². The van der Waals surface area contributed by atoms with Gasteiger partial charge in [-0.2, -0.15) is 0 Å². The van der Waals surface area contributed by atoms with Crippen LogP contribution < -0.4 is 9.47 Å². The zero-order chi connectivity index (χ0) is 16.3. The first-order valence-corrected chi connectivity index (χ1v) is 7.29. The van der Waals surface area contributed by atoms with E-state index in [0.29, 0.717) is 30.0 Å². The highest BCUT2D eigenvalue weighted by molar-refractivity contribution is 5.97. The summed E-state index contributed by atoms with van der Waals surface area (Å²) in [7, 11) is 1.55. The molecule has 6 nitrogen and oxygen atoms in total. The molecule has 1 aliphatic heterocycles. The maximum Gasteiger partial charge on any atom is 0.308 e. The molecular formula is C16H21NO5. The van der Waals surface area contributed by atoms with Gasteiger partial charge in [-0.1, -0.05) is 0 Å². The van der Waals surface area contributed by atoms with Crippen LogP contribution in [0.4, 0.5) is 0 Å². The predicted molar refractivity (Wildman–Crippen MR) is 80.4 cm³/mol. The number of likely N-dealkylation sites (tertiary alicyclic amines) is 1. The van der Waals surface area contributed by atoms with Crippen molar-refractivity contribution < 1.29 is 24.2 Å². The van der Waals surface area contributed by atoms with Crippen molar-refractivity contribution in [1.82, 2.24) is 4.90 Å². The number of nitrogens with zero attached hydrogens (tertiary/aromatic N) is 1. The van der Waals surface area contributed by atoms with Crippen LogP contribution in [0, 0.1) is 5.92 Å². The lowest BCUT2D eigenvalue weighted by Gasteiger charge is -2.20. The lowest BCUT2D eigenvalue weighted by Crippen LogP contribution is -2.30. The van der Waals surface area contributed by atoms with Gasteiger partial charge in [-0.25, -0.2) is 0 Å².